The Kier molecular flexibility index (Phi) is 7.54. The van der Waals surface area contributed by atoms with Crippen molar-refractivity contribution in [2.24, 2.45) is 10.9 Å². The fourth-order valence-electron chi connectivity index (χ4n) is 3.43. The van der Waals surface area contributed by atoms with Gasteiger partial charge in [0.2, 0.25) is 5.91 Å². The Morgan fingerprint density at radius 3 is 2.50 bits per heavy atom. The highest BCUT2D eigenvalue weighted by Gasteiger charge is 2.17. The van der Waals surface area contributed by atoms with E-state index in [1.54, 1.807) is 0 Å². The van der Waals surface area contributed by atoms with Crippen molar-refractivity contribution in [2.75, 3.05) is 32.7 Å². The van der Waals surface area contributed by atoms with E-state index >= 15 is 0 Å². The van der Waals surface area contributed by atoms with Crippen LogP contribution in [0.25, 0.3) is 0 Å². The Hall–Kier alpha value is -1.26. The van der Waals surface area contributed by atoms with Gasteiger partial charge in [-0.3, -0.25) is 4.79 Å². The normalized spacial score (nSPS) is 20.2. The second kappa shape index (κ2) is 9.70. The van der Waals surface area contributed by atoms with Crippen LogP contribution >= 0.6 is 0 Å². The summed E-state index contributed by atoms with van der Waals surface area (Å²) in [7, 11) is 0. The Morgan fingerprint density at radius 2 is 1.82 bits per heavy atom. The SMILES string of the molecule is CCNC(=NCC(=O)N1CCCC1)NCCC1CCCCC1. The summed E-state index contributed by atoms with van der Waals surface area (Å²) in [5.41, 5.74) is 0. The van der Waals surface area contributed by atoms with Crippen molar-refractivity contribution in [3.8, 4) is 0 Å². The fraction of sp³-hybridized carbons (Fsp3) is 0.882. The van der Waals surface area contributed by atoms with Crippen LogP contribution < -0.4 is 10.6 Å². The van der Waals surface area contributed by atoms with Gasteiger partial charge in [-0.05, 0) is 32.1 Å². The number of likely N-dealkylation sites (tertiary alicyclic amines) is 1. The van der Waals surface area contributed by atoms with E-state index < -0.39 is 0 Å². The van der Waals surface area contributed by atoms with E-state index in [4.69, 9.17) is 0 Å². The second-order valence-corrected chi connectivity index (χ2v) is 6.50. The summed E-state index contributed by atoms with van der Waals surface area (Å²) >= 11 is 0. The molecule has 1 heterocycles. The number of carbonyl (C=O) groups excluding carboxylic acids is 1. The molecule has 0 aromatic rings. The minimum atomic E-state index is 0.155. The Morgan fingerprint density at radius 1 is 1.09 bits per heavy atom. The van der Waals surface area contributed by atoms with Gasteiger partial charge in [0, 0.05) is 26.2 Å². The summed E-state index contributed by atoms with van der Waals surface area (Å²) < 4.78 is 0. The molecule has 2 aliphatic rings. The molecule has 2 rings (SSSR count). The zero-order chi connectivity index (χ0) is 15.6. The van der Waals surface area contributed by atoms with Gasteiger partial charge in [0.25, 0.3) is 0 Å². The summed E-state index contributed by atoms with van der Waals surface area (Å²) in [6, 6.07) is 0. The zero-order valence-corrected chi connectivity index (χ0v) is 14.1. The molecule has 1 saturated heterocycles. The molecular formula is C17H32N4O. The van der Waals surface area contributed by atoms with E-state index in [9.17, 15) is 4.79 Å². The van der Waals surface area contributed by atoms with Crippen LogP contribution in [-0.4, -0.2) is 49.5 Å². The molecule has 0 unspecified atom stereocenters. The fourth-order valence-corrected chi connectivity index (χ4v) is 3.43. The van der Waals surface area contributed by atoms with Gasteiger partial charge in [0.05, 0.1) is 0 Å². The van der Waals surface area contributed by atoms with Crippen molar-refractivity contribution in [1.82, 2.24) is 15.5 Å². The van der Waals surface area contributed by atoms with Crippen LogP contribution in [0, 0.1) is 5.92 Å². The minimum absolute atomic E-state index is 0.155. The Labute approximate surface area is 134 Å². The highest BCUT2D eigenvalue weighted by atomic mass is 16.2. The maximum atomic E-state index is 12.0. The van der Waals surface area contributed by atoms with E-state index in [1.165, 1.54) is 38.5 Å². The summed E-state index contributed by atoms with van der Waals surface area (Å²) in [6.45, 7) is 5.90. The van der Waals surface area contributed by atoms with Gasteiger partial charge in [0.15, 0.2) is 5.96 Å². The van der Waals surface area contributed by atoms with Crippen LogP contribution in [-0.2, 0) is 4.79 Å². The van der Waals surface area contributed by atoms with E-state index in [1.807, 2.05) is 4.90 Å². The third-order valence-corrected chi connectivity index (χ3v) is 4.75. The van der Waals surface area contributed by atoms with Gasteiger partial charge in [-0.25, -0.2) is 4.99 Å². The van der Waals surface area contributed by atoms with Gasteiger partial charge < -0.3 is 15.5 Å². The molecule has 1 saturated carbocycles. The summed E-state index contributed by atoms with van der Waals surface area (Å²) in [5.74, 6) is 1.81. The van der Waals surface area contributed by atoms with Crippen LogP contribution in [0.5, 0.6) is 0 Å². The number of hydrogen-bond donors (Lipinski definition) is 2. The van der Waals surface area contributed by atoms with Crippen LogP contribution in [0.3, 0.4) is 0 Å². The smallest absolute Gasteiger partial charge is 0.244 e. The lowest BCUT2D eigenvalue weighted by atomic mass is 9.87. The van der Waals surface area contributed by atoms with Gasteiger partial charge in [-0.2, -0.15) is 0 Å². The van der Waals surface area contributed by atoms with Crippen LogP contribution in [0.1, 0.15) is 58.3 Å². The zero-order valence-electron chi connectivity index (χ0n) is 14.1. The number of nitrogens with one attached hydrogen (secondary N) is 2. The first-order valence-electron chi connectivity index (χ1n) is 9.09. The minimum Gasteiger partial charge on any atom is -0.357 e. The first-order valence-corrected chi connectivity index (χ1v) is 9.09. The van der Waals surface area contributed by atoms with Crippen molar-refractivity contribution in [3.05, 3.63) is 0 Å². The number of amides is 1. The third-order valence-electron chi connectivity index (χ3n) is 4.75. The maximum absolute atomic E-state index is 12.0. The molecule has 0 aromatic heterocycles. The molecule has 0 radical (unpaired) electrons. The molecule has 1 amide bonds. The lowest BCUT2D eigenvalue weighted by Crippen LogP contribution is -2.39. The molecule has 2 fully saturated rings. The van der Waals surface area contributed by atoms with E-state index in [2.05, 4.69) is 22.5 Å². The number of rotatable bonds is 6. The number of nitrogens with zero attached hydrogens (tertiary/aromatic N) is 2. The molecule has 1 aliphatic heterocycles. The Balaban J connectivity index is 1.70. The molecule has 2 N–H and O–H groups in total. The van der Waals surface area contributed by atoms with E-state index in [0.29, 0.717) is 0 Å². The highest BCUT2D eigenvalue weighted by Crippen LogP contribution is 2.25. The van der Waals surface area contributed by atoms with Crippen LogP contribution in [0.2, 0.25) is 0 Å². The highest BCUT2D eigenvalue weighted by molar-refractivity contribution is 5.85. The largest absolute Gasteiger partial charge is 0.357 e. The monoisotopic (exact) mass is 308 g/mol. The molecule has 0 spiro atoms. The molecule has 22 heavy (non-hydrogen) atoms. The lowest BCUT2D eigenvalue weighted by Gasteiger charge is -2.22. The average Bonchev–Trinajstić information content (AvgIpc) is 3.08. The van der Waals surface area contributed by atoms with Crippen molar-refractivity contribution >= 4 is 11.9 Å². The Bertz CT molecular complexity index is 358. The summed E-state index contributed by atoms with van der Waals surface area (Å²) in [4.78, 5) is 18.4. The van der Waals surface area contributed by atoms with Gasteiger partial charge in [0.1, 0.15) is 6.54 Å². The number of carbonyl (C=O) groups is 1. The lowest BCUT2D eigenvalue weighted by molar-refractivity contribution is -0.128. The average molecular weight is 308 g/mol. The molecule has 1 aliphatic carbocycles. The van der Waals surface area contributed by atoms with Gasteiger partial charge >= 0.3 is 0 Å². The van der Waals surface area contributed by atoms with E-state index in [0.717, 1.165) is 50.9 Å². The summed E-state index contributed by atoms with van der Waals surface area (Å²) in [6.07, 6.45) is 10.4. The number of hydrogen-bond acceptors (Lipinski definition) is 2. The molecule has 5 heteroatoms. The van der Waals surface area contributed by atoms with E-state index in [-0.39, 0.29) is 12.5 Å². The molecule has 0 aromatic carbocycles. The van der Waals surface area contributed by atoms with Gasteiger partial charge in [-0.15, -0.1) is 0 Å². The third kappa shape index (κ3) is 5.85. The quantitative estimate of drug-likeness (QED) is 0.584. The number of guanidine groups is 1. The predicted molar refractivity (Wildman–Crippen MR) is 91.0 cm³/mol. The van der Waals surface area contributed by atoms with Crippen molar-refractivity contribution in [1.29, 1.82) is 0 Å². The topological polar surface area (TPSA) is 56.7 Å². The van der Waals surface area contributed by atoms with Gasteiger partial charge in [-0.1, -0.05) is 32.1 Å². The number of aliphatic imine (C=N–C) groups is 1. The van der Waals surface area contributed by atoms with Crippen molar-refractivity contribution in [2.45, 2.75) is 58.3 Å². The maximum Gasteiger partial charge on any atom is 0.244 e. The van der Waals surface area contributed by atoms with Crippen LogP contribution in [0.4, 0.5) is 0 Å². The molecule has 0 atom stereocenters. The first-order chi connectivity index (χ1) is 10.8. The van der Waals surface area contributed by atoms with Crippen molar-refractivity contribution < 1.29 is 4.79 Å². The summed E-state index contributed by atoms with van der Waals surface area (Å²) in [5, 5.41) is 6.62. The molecule has 0 bridgehead atoms. The standard InChI is InChI=1S/C17H32N4O/c1-2-18-17(19-11-10-15-8-4-3-5-9-15)20-14-16(22)21-12-6-7-13-21/h15H,2-14H2,1H3,(H2,18,19,20). The second-order valence-electron chi connectivity index (χ2n) is 6.50. The molecule has 5 nitrogen and oxygen atoms in total. The predicted octanol–water partition coefficient (Wildman–Crippen LogP) is 2.13. The molecule has 126 valence electrons. The van der Waals surface area contributed by atoms with Crippen LogP contribution in [0.15, 0.2) is 4.99 Å². The van der Waals surface area contributed by atoms with Crippen molar-refractivity contribution in [3.63, 3.8) is 0 Å². The first kappa shape index (κ1) is 17.1. The molecular weight excluding hydrogens is 276 g/mol.